The van der Waals surface area contributed by atoms with Crippen LogP contribution >= 0.6 is 0 Å². The molecule has 17 heavy (non-hydrogen) atoms. The molecule has 1 aliphatic heterocycles. The number of hydrogen-bond acceptors (Lipinski definition) is 3. The maximum absolute atomic E-state index is 11.6. The third-order valence-electron chi connectivity index (χ3n) is 2.80. The van der Waals surface area contributed by atoms with Gasteiger partial charge in [0.05, 0.1) is 6.04 Å². The fraction of sp³-hybridized carbons (Fsp3) is 0.833. The molecular formula is C12H22N2O3. The zero-order chi connectivity index (χ0) is 13.1. The van der Waals surface area contributed by atoms with Crippen molar-refractivity contribution in [3.8, 4) is 0 Å². The number of alkyl carbamates (subject to hydrolysis) is 1. The summed E-state index contributed by atoms with van der Waals surface area (Å²) in [4.78, 5) is 24.1. The summed E-state index contributed by atoms with van der Waals surface area (Å²) in [6.07, 6.45) is 2.34. The maximum atomic E-state index is 11.6. The highest BCUT2D eigenvalue weighted by Gasteiger charge is 2.30. The van der Waals surface area contributed by atoms with Crippen molar-refractivity contribution in [1.82, 2.24) is 10.2 Å². The maximum Gasteiger partial charge on any atom is 0.407 e. The largest absolute Gasteiger partial charge is 0.444 e. The summed E-state index contributed by atoms with van der Waals surface area (Å²) < 4.78 is 5.18. The van der Waals surface area contributed by atoms with Crippen molar-refractivity contribution >= 4 is 12.5 Å². The Kier molecular flexibility index (Phi) is 4.37. The van der Waals surface area contributed by atoms with E-state index in [1.165, 1.54) is 0 Å². The van der Waals surface area contributed by atoms with Gasteiger partial charge in [0.2, 0.25) is 6.41 Å². The van der Waals surface area contributed by atoms with Crippen molar-refractivity contribution < 1.29 is 14.3 Å². The second kappa shape index (κ2) is 5.38. The van der Waals surface area contributed by atoms with E-state index in [-0.39, 0.29) is 12.1 Å². The molecule has 0 radical (unpaired) electrons. The number of carbonyl (C=O) groups is 2. The van der Waals surface area contributed by atoms with Gasteiger partial charge in [0.25, 0.3) is 0 Å². The second-order valence-electron chi connectivity index (χ2n) is 5.49. The molecular weight excluding hydrogens is 220 g/mol. The minimum atomic E-state index is -0.496. The zero-order valence-corrected chi connectivity index (χ0v) is 11.0. The fourth-order valence-corrected chi connectivity index (χ4v) is 2.07. The van der Waals surface area contributed by atoms with Gasteiger partial charge in [0, 0.05) is 12.6 Å². The van der Waals surface area contributed by atoms with Crippen LogP contribution in [0.3, 0.4) is 0 Å². The van der Waals surface area contributed by atoms with Crippen LogP contribution in [0.1, 0.15) is 40.5 Å². The van der Waals surface area contributed by atoms with Gasteiger partial charge >= 0.3 is 6.09 Å². The van der Waals surface area contributed by atoms with Crippen LogP contribution in [0.4, 0.5) is 4.79 Å². The molecule has 1 heterocycles. The van der Waals surface area contributed by atoms with Gasteiger partial charge in [-0.3, -0.25) is 4.79 Å². The van der Waals surface area contributed by atoms with Gasteiger partial charge in [-0.1, -0.05) is 0 Å². The lowest BCUT2D eigenvalue weighted by Crippen LogP contribution is -2.48. The Morgan fingerprint density at radius 3 is 2.71 bits per heavy atom. The first kappa shape index (κ1) is 13.8. The van der Waals surface area contributed by atoms with Crippen molar-refractivity contribution in [3.63, 3.8) is 0 Å². The molecule has 0 saturated carbocycles. The molecule has 2 amide bonds. The third kappa shape index (κ3) is 4.24. The molecule has 2 atom stereocenters. The minimum absolute atomic E-state index is 0.0834. The number of ether oxygens (including phenoxy) is 1. The van der Waals surface area contributed by atoms with Gasteiger partial charge < -0.3 is 15.0 Å². The van der Waals surface area contributed by atoms with Gasteiger partial charge in [0.15, 0.2) is 0 Å². The quantitative estimate of drug-likeness (QED) is 0.763. The van der Waals surface area contributed by atoms with Gasteiger partial charge in [-0.05, 0) is 40.5 Å². The average molecular weight is 242 g/mol. The van der Waals surface area contributed by atoms with E-state index >= 15 is 0 Å². The number of rotatable bonds is 3. The predicted octanol–water partition coefficient (Wildman–Crippen LogP) is 1.52. The number of hydrogen-bond donors (Lipinski definition) is 1. The summed E-state index contributed by atoms with van der Waals surface area (Å²) in [5.41, 5.74) is -0.496. The van der Waals surface area contributed by atoms with Gasteiger partial charge in [0.1, 0.15) is 5.60 Å². The molecule has 5 nitrogen and oxygen atoms in total. The average Bonchev–Trinajstić information content (AvgIpc) is 2.61. The SMILES string of the molecule is CC(NC(=O)OC(C)(C)C)C1CCCN1C=O. The first-order valence-corrected chi connectivity index (χ1v) is 6.04. The Hall–Kier alpha value is -1.26. The van der Waals surface area contributed by atoms with Crippen LogP contribution in [0.2, 0.25) is 0 Å². The van der Waals surface area contributed by atoms with Crippen LogP contribution in [-0.4, -0.2) is 41.6 Å². The van der Waals surface area contributed by atoms with Crippen LogP contribution in [0.15, 0.2) is 0 Å². The highest BCUT2D eigenvalue weighted by atomic mass is 16.6. The monoisotopic (exact) mass is 242 g/mol. The lowest BCUT2D eigenvalue weighted by molar-refractivity contribution is -0.119. The molecule has 1 aliphatic rings. The van der Waals surface area contributed by atoms with Crippen LogP contribution < -0.4 is 5.32 Å². The first-order valence-electron chi connectivity index (χ1n) is 6.04. The van der Waals surface area contributed by atoms with E-state index in [2.05, 4.69) is 5.32 Å². The Balaban J connectivity index is 2.46. The van der Waals surface area contributed by atoms with E-state index in [1.807, 2.05) is 27.7 Å². The van der Waals surface area contributed by atoms with Crippen molar-refractivity contribution in [2.45, 2.75) is 58.2 Å². The summed E-state index contributed by atoms with van der Waals surface area (Å²) >= 11 is 0. The molecule has 0 aliphatic carbocycles. The summed E-state index contributed by atoms with van der Waals surface area (Å²) in [5, 5.41) is 2.78. The second-order valence-corrected chi connectivity index (χ2v) is 5.49. The van der Waals surface area contributed by atoms with Crippen molar-refractivity contribution in [3.05, 3.63) is 0 Å². The summed E-state index contributed by atoms with van der Waals surface area (Å²) in [6, 6.07) is -0.00225. The van der Waals surface area contributed by atoms with E-state index in [9.17, 15) is 9.59 Å². The minimum Gasteiger partial charge on any atom is -0.444 e. The predicted molar refractivity (Wildman–Crippen MR) is 64.6 cm³/mol. The molecule has 0 aromatic carbocycles. The first-order chi connectivity index (χ1) is 7.83. The standard InChI is InChI=1S/C12H22N2O3/c1-9(10-6-5-7-14(10)8-15)13-11(16)17-12(2,3)4/h8-10H,5-7H2,1-4H3,(H,13,16). The Morgan fingerprint density at radius 1 is 1.53 bits per heavy atom. The van der Waals surface area contributed by atoms with Crippen molar-refractivity contribution in [2.75, 3.05) is 6.54 Å². The molecule has 0 aromatic heterocycles. The summed E-state index contributed by atoms with van der Waals surface area (Å²) in [6.45, 7) is 8.14. The number of nitrogens with one attached hydrogen (secondary N) is 1. The lowest BCUT2D eigenvalue weighted by atomic mass is 10.1. The number of amides is 2. The Bertz CT molecular complexity index is 286. The topological polar surface area (TPSA) is 58.6 Å². The Labute approximate surface area is 102 Å². The van der Waals surface area contributed by atoms with Gasteiger partial charge in [-0.15, -0.1) is 0 Å². The van der Waals surface area contributed by atoms with Crippen LogP contribution in [-0.2, 0) is 9.53 Å². The molecule has 0 aromatic rings. The smallest absolute Gasteiger partial charge is 0.407 e. The normalized spacial score (nSPS) is 22.1. The highest BCUT2D eigenvalue weighted by Crippen LogP contribution is 2.18. The molecule has 1 rings (SSSR count). The highest BCUT2D eigenvalue weighted by molar-refractivity contribution is 5.68. The van der Waals surface area contributed by atoms with E-state index < -0.39 is 11.7 Å². The molecule has 98 valence electrons. The molecule has 5 heteroatoms. The van der Waals surface area contributed by atoms with Crippen molar-refractivity contribution in [2.24, 2.45) is 0 Å². The molecule has 1 saturated heterocycles. The van der Waals surface area contributed by atoms with Crippen LogP contribution in [0.5, 0.6) is 0 Å². The lowest BCUT2D eigenvalue weighted by Gasteiger charge is -2.28. The fourth-order valence-electron chi connectivity index (χ4n) is 2.07. The molecule has 0 bridgehead atoms. The van der Waals surface area contributed by atoms with E-state index in [4.69, 9.17) is 4.74 Å². The number of nitrogens with zero attached hydrogens (tertiary/aromatic N) is 1. The number of likely N-dealkylation sites (tertiary alicyclic amines) is 1. The Morgan fingerprint density at radius 2 is 2.18 bits per heavy atom. The molecule has 2 unspecified atom stereocenters. The van der Waals surface area contributed by atoms with E-state index in [1.54, 1.807) is 4.90 Å². The molecule has 0 spiro atoms. The summed E-state index contributed by atoms with van der Waals surface area (Å²) in [7, 11) is 0. The van der Waals surface area contributed by atoms with E-state index in [0.29, 0.717) is 0 Å². The van der Waals surface area contributed by atoms with Crippen LogP contribution in [0, 0.1) is 0 Å². The van der Waals surface area contributed by atoms with Crippen LogP contribution in [0.25, 0.3) is 0 Å². The molecule has 1 fully saturated rings. The van der Waals surface area contributed by atoms with Gasteiger partial charge in [-0.2, -0.15) is 0 Å². The number of carbonyl (C=O) groups excluding carboxylic acids is 2. The third-order valence-corrected chi connectivity index (χ3v) is 2.80. The molecule has 1 N–H and O–H groups in total. The van der Waals surface area contributed by atoms with Gasteiger partial charge in [-0.25, -0.2) is 4.79 Å². The summed E-state index contributed by atoms with van der Waals surface area (Å²) in [5.74, 6) is 0. The zero-order valence-electron chi connectivity index (χ0n) is 11.0. The van der Waals surface area contributed by atoms with E-state index in [0.717, 1.165) is 25.8 Å². The van der Waals surface area contributed by atoms with Crippen molar-refractivity contribution in [1.29, 1.82) is 0 Å².